The van der Waals surface area contributed by atoms with Gasteiger partial charge in [-0.05, 0) is 12.5 Å². The molecule has 1 aliphatic heterocycles. The van der Waals surface area contributed by atoms with E-state index in [0.717, 1.165) is 12.8 Å². The largest absolute Gasteiger partial charge is 0.459 e. The van der Waals surface area contributed by atoms with E-state index in [1.54, 1.807) is 6.08 Å². The van der Waals surface area contributed by atoms with Crippen molar-refractivity contribution in [2.24, 2.45) is 0 Å². The number of terminal acetylenes is 1. The number of halogens is 2. The highest BCUT2D eigenvalue weighted by atomic mass is 35.5. The summed E-state index contributed by atoms with van der Waals surface area (Å²) < 4.78 is 11.2. The molecule has 1 rings (SSSR count). The highest BCUT2D eigenvalue weighted by Crippen LogP contribution is 2.31. The Morgan fingerprint density at radius 1 is 1.55 bits per heavy atom. The van der Waals surface area contributed by atoms with Gasteiger partial charge in [-0.15, -0.1) is 29.6 Å². The average Bonchev–Trinajstić information content (AvgIpc) is 2.86. The minimum Gasteiger partial charge on any atom is -0.459 e. The first-order chi connectivity index (χ1) is 10.5. The van der Waals surface area contributed by atoms with Crippen molar-refractivity contribution in [1.82, 2.24) is 0 Å². The van der Waals surface area contributed by atoms with Gasteiger partial charge in [0.15, 0.2) is 0 Å². The van der Waals surface area contributed by atoms with Gasteiger partial charge in [-0.1, -0.05) is 37.5 Å². The molecule has 0 aromatic rings. The van der Waals surface area contributed by atoms with Crippen molar-refractivity contribution < 1.29 is 14.3 Å². The van der Waals surface area contributed by atoms with E-state index in [0.29, 0.717) is 6.42 Å². The molecule has 1 saturated heterocycles. The lowest BCUT2D eigenvalue weighted by molar-refractivity contribution is -0.147. The van der Waals surface area contributed by atoms with E-state index in [1.807, 2.05) is 12.2 Å². The SMILES string of the molecule is C#C/C=C\C(Cl)C(Cl)[C@@H]1C[C@H](OC(C)=O)[C@@H](/C=C\CCC)O1. The summed E-state index contributed by atoms with van der Waals surface area (Å²) in [6.45, 7) is 3.48. The fraction of sp³-hybridized carbons (Fsp3) is 0.588. The summed E-state index contributed by atoms with van der Waals surface area (Å²) >= 11 is 12.6. The molecule has 1 aliphatic rings. The zero-order valence-corrected chi connectivity index (χ0v) is 14.4. The molecule has 1 heterocycles. The summed E-state index contributed by atoms with van der Waals surface area (Å²) in [6, 6.07) is 0. The van der Waals surface area contributed by atoms with Crippen LogP contribution in [0.3, 0.4) is 0 Å². The van der Waals surface area contributed by atoms with Gasteiger partial charge < -0.3 is 9.47 Å². The van der Waals surface area contributed by atoms with Crippen molar-refractivity contribution in [1.29, 1.82) is 0 Å². The zero-order chi connectivity index (χ0) is 16.5. The smallest absolute Gasteiger partial charge is 0.303 e. The minimum absolute atomic E-state index is 0.290. The quantitative estimate of drug-likeness (QED) is 0.304. The second kappa shape index (κ2) is 9.94. The molecule has 0 aromatic heterocycles. The van der Waals surface area contributed by atoms with Gasteiger partial charge in [-0.3, -0.25) is 4.79 Å². The predicted octanol–water partition coefficient (Wildman–Crippen LogP) is 3.84. The Kier molecular flexibility index (Phi) is 8.63. The number of carbonyl (C=O) groups excluding carboxylic acids is 1. The van der Waals surface area contributed by atoms with Crippen LogP contribution < -0.4 is 0 Å². The number of unbranched alkanes of at least 4 members (excludes halogenated alkanes) is 1. The first-order valence-electron chi connectivity index (χ1n) is 7.39. The number of hydrogen-bond acceptors (Lipinski definition) is 3. The van der Waals surface area contributed by atoms with Crippen molar-refractivity contribution >= 4 is 29.2 Å². The highest BCUT2D eigenvalue weighted by molar-refractivity contribution is 6.31. The highest BCUT2D eigenvalue weighted by Gasteiger charge is 2.40. The van der Waals surface area contributed by atoms with E-state index in [-0.39, 0.29) is 24.3 Å². The maximum absolute atomic E-state index is 11.2. The Balaban J connectivity index is 2.73. The van der Waals surface area contributed by atoms with Crippen LogP contribution >= 0.6 is 23.2 Å². The van der Waals surface area contributed by atoms with Crippen LogP contribution in [-0.2, 0) is 14.3 Å². The average molecular weight is 345 g/mol. The lowest BCUT2D eigenvalue weighted by Crippen LogP contribution is -2.28. The molecule has 3 nitrogen and oxygen atoms in total. The topological polar surface area (TPSA) is 35.5 Å². The van der Waals surface area contributed by atoms with Crippen LogP contribution in [0.1, 0.15) is 33.1 Å². The molecule has 0 radical (unpaired) electrons. The predicted molar refractivity (Wildman–Crippen MR) is 90.1 cm³/mol. The van der Waals surface area contributed by atoms with Gasteiger partial charge in [0.2, 0.25) is 0 Å². The number of alkyl halides is 2. The van der Waals surface area contributed by atoms with Gasteiger partial charge in [0.25, 0.3) is 0 Å². The third-order valence-corrected chi connectivity index (χ3v) is 4.40. The normalized spacial score (nSPS) is 27.9. The summed E-state index contributed by atoms with van der Waals surface area (Å²) in [5.74, 6) is 2.05. The molecular formula is C17H22Cl2O3. The molecule has 2 unspecified atom stereocenters. The van der Waals surface area contributed by atoms with Gasteiger partial charge in [0.05, 0.1) is 16.9 Å². The fourth-order valence-electron chi connectivity index (χ4n) is 2.27. The Bertz CT molecular complexity index is 453. The van der Waals surface area contributed by atoms with Crippen molar-refractivity contribution in [3.63, 3.8) is 0 Å². The van der Waals surface area contributed by atoms with Crippen LogP contribution in [0.25, 0.3) is 0 Å². The number of allylic oxidation sites excluding steroid dienone is 3. The lowest BCUT2D eigenvalue weighted by atomic mass is 10.1. The van der Waals surface area contributed by atoms with E-state index in [4.69, 9.17) is 39.1 Å². The maximum Gasteiger partial charge on any atom is 0.303 e. The first-order valence-corrected chi connectivity index (χ1v) is 8.27. The molecule has 0 bridgehead atoms. The van der Waals surface area contributed by atoms with Crippen LogP contribution in [0.2, 0.25) is 0 Å². The number of hydrogen-bond donors (Lipinski definition) is 0. The Morgan fingerprint density at radius 2 is 2.27 bits per heavy atom. The van der Waals surface area contributed by atoms with Crippen molar-refractivity contribution in [2.45, 2.75) is 62.2 Å². The zero-order valence-electron chi connectivity index (χ0n) is 12.9. The van der Waals surface area contributed by atoms with Crippen molar-refractivity contribution in [2.75, 3.05) is 0 Å². The molecule has 0 saturated carbocycles. The van der Waals surface area contributed by atoms with Crippen LogP contribution in [0.5, 0.6) is 0 Å². The number of carbonyl (C=O) groups is 1. The molecular weight excluding hydrogens is 323 g/mol. The number of ether oxygens (including phenoxy) is 2. The minimum atomic E-state index is -0.450. The Labute approximate surface area is 142 Å². The molecule has 0 aliphatic carbocycles. The van der Waals surface area contributed by atoms with Gasteiger partial charge in [0.1, 0.15) is 12.2 Å². The van der Waals surface area contributed by atoms with Gasteiger partial charge >= 0.3 is 5.97 Å². The Morgan fingerprint density at radius 3 is 2.86 bits per heavy atom. The van der Waals surface area contributed by atoms with Gasteiger partial charge in [-0.2, -0.15) is 0 Å². The molecule has 0 spiro atoms. The first kappa shape index (κ1) is 19.1. The molecule has 0 N–H and O–H groups in total. The van der Waals surface area contributed by atoms with Gasteiger partial charge in [0, 0.05) is 13.3 Å². The van der Waals surface area contributed by atoms with Crippen LogP contribution in [0, 0.1) is 12.3 Å². The standard InChI is InChI=1S/C17H22Cl2O3/c1-4-6-8-10-14-15(21-12(3)20)11-16(22-14)17(19)13(18)9-7-5-2/h2,7-10,13-17H,4,6,11H2,1,3H3/b9-7-,10-8-/t13?,14-,15+,16+,17?/m1/s1. The molecule has 22 heavy (non-hydrogen) atoms. The van der Waals surface area contributed by atoms with E-state index in [9.17, 15) is 4.79 Å². The molecule has 122 valence electrons. The van der Waals surface area contributed by atoms with Crippen LogP contribution in [0.4, 0.5) is 0 Å². The fourth-order valence-corrected chi connectivity index (χ4v) is 2.75. The van der Waals surface area contributed by atoms with Crippen LogP contribution in [0.15, 0.2) is 24.3 Å². The summed E-state index contributed by atoms with van der Waals surface area (Å²) in [6.07, 6.45) is 13.9. The van der Waals surface area contributed by atoms with Crippen LogP contribution in [-0.4, -0.2) is 35.0 Å². The Hall–Kier alpha value is -0.950. The maximum atomic E-state index is 11.2. The van der Waals surface area contributed by atoms with E-state index in [1.165, 1.54) is 13.0 Å². The van der Waals surface area contributed by atoms with Crippen molar-refractivity contribution in [3.05, 3.63) is 24.3 Å². The van der Waals surface area contributed by atoms with E-state index in [2.05, 4.69) is 12.8 Å². The summed E-state index contributed by atoms with van der Waals surface area (Å²) in [7, 11) is 0. The van der Waals surface area contributed by atoms with E-state index < -0.39 is 10.8 Å². The number of esters is 1. The molecule has 1 fully saturated rings. The second-order valence-electron chi connectivity index (χ2n) is 5.15. The van der Waals surface area contributed by atoms with E-state index >= 15 is 0 Å². The lowest BCUT2D eigenvalue weighted by Gasteiger charge is -2.19. The summed E-state index contributed by atoms with van der Waals surface area (Å²) in [5.41, 5.74) is 0. The molecule has 0 aromatic carbocycles. The molecule has 5 heteroatoms. The summed E-state index contributed by atoms with van der Waals surface area (Å²) in [4.78, 5) is 11.2. The van der Waals surface area contributed by atoms with Crippen molar-refractivity contribution in [3.8, 4) is 12.3 Å². The molecule has 0 amide bonds. The monoisotopic (exact) mass is 344 g/mol. The summed E-state index contributed by atoms with van der Waals surface area (Å²) in [5, 5.41) is -0.895. The number of rotatable bonds is 7. The third kappa shape index (κ3) is 6.04. The second-order valence-corrected chi connectivity index (χ2v) is 6.16. The van der Waals surface area contributed by atoms with Gasteiger partial charge in [-0.25, -0.2) is 0 Å². The molecule has 5 atom stereocenters. The third-order valence-electron chi connectivity index (χ3n) is 3.30.